The first kappa shape index (κ1) is 16.3. The molecule has 0 bridgehead atoms. The second kappa shape index (κ2) is 6.80. The smallest absolute Gasteiger partial charge is 0.119 e. The highest BCUT2D eigenvalue weighted by Crippen LogP contribution is 2.34. The van der Waals surface area contributed by atoms with Gasteiger partial charge in [-0.15, -0.1) is 0 Å². The molecule has 3 nitrogen and oxygen atoms in total. The minimum atomic E-state index is -0.694. The largest absolute Gasteiger partial charge is 0.491 e. The van der Waals surface area contributed by atoms with Crippen LogP contribution < -0.4 is 4.74 Å². The fourth-order valence-electron chi connectivity index (χ4n) is 3.06. The molecule has 118 valence electrons. The van der Waals surface area contributed by atoms with Gasteiger partial charge in [0.2, 0.25) is 0 Å². The van der Waals surface area contributed by atoms with Gasteiger partial charge in [0, 0.05) is 12.6 Å². The quantitative estimate of drug-likeness (QED) is 0.920. The van der Waals surface area contributed by atoms with Crippen LogP contribution in [0.5, 0.6) is 5.75 Å². The van der Waals surface area contributed by atoms with Gasteiger partial charge in [-0.1, -0.05) is 12.1 Å². The molecule has 0 amide bonds. The fourth-order valence-corrected chi connectivity index (χ4v) is 3.06. The highest BCUT2D eigenvalue weighted by molar-refractivity contribution is 5.31. The lowest BCUT2D eigenvalue weighted by Gasteiger charge is -2.28. The van der Waals surface area contributed by atoms with E-state index in [-0.39, 0.29) is 6.10 Å². The molecule has 0 spiro atoms. The zero-order valence-corrected chi connectivity index (χ0v) is 13.8. The van der Waals surface area contributed by atoms with Gasteiger partial charge in [0.15, 0.2) is 0 Å². The van der Waals surface area contributed by atoms with E-state index in [4.69, 9.17) is 4.74 Å². The first-order valence-electron chi connectivity index (χ1n) is 8.14. The first-order valence-corrected chi connectivity index (χ1v) is 8.14. The molecule has 1 heterocycles. The van der Waals surface area contributed by atoms with Crippen LogP contribution in [0, 0.1) is 0 Å². The van der Waals surface area contributed by atoms with Gasteiger partial charge in [-0.25, -0.2) is 0 Å². The van der Waals surface area contributed by atoms with E-state index in [0.717, 1.165) is 43.7 Å². The Morgan fingerprint density at radius 2 is 1.71 bits per heavy atom. The van der Waals surface area contributed by atoms with Gasteiger partial charge in [-0.2, -0.15) is 0 Å². The Balaban J connectivity index is 2.08. The van der Waals surface area contributed by atoms with Crippen molar-refractivity contribution in [2.24, 2.45) is 0 Å². The summed E-state index contributed by atoms with van der Waals surface area (Å²) in [7, 11) is 0. The van der Waals surface area contributed by atoms with Crippen LogP contribution in [0.15, 0.2) is 24.3 Å². The summed E-state index contributed by atoms with van der Waals surface area (Å²) in [6.45, 7) is 10.5. The molecule has 1 aromatic rings. The summed E-state index contributed by atoms with van der Waals surface area (Å²) in [5.74, 6) is 0.870. The molecule has 0 aromatic heterocycles. The molecule has 1 aliphatic rings. The van der Waals surface area contributed by atoms with Crippen molar-refractivity contribution in [3.8, 4) is 5.75 Å². The van der Waals surface area contributed by atoms with Gasteiger partial charge in [0.25, 0.3) is 0 Å². The maximum absolute atomic E-state index is 11.0. The van der Waals surface area contributed by atoms with E-state index in [0.29, 0.717) is 6.04 Å². The van der Waals surface area contributed by atoms with Gasteiger partial charge in [0.05, 0.1) is 11.7 Å². The summed E-state index contributed by atoms with van der Waals surface area (Å²) in [5.41, 5.74) is 0.323. The normalized spacial score (nSPS) is 24.3. The molecule has 0 radical (unpaired) electrons. The zero-order chi connectivity index (χ0) is 15.5. The van der Waals surface area contributed by atoms with Crippen molar-refractivity contribution in [2.75, 3.05) is 13.1 Å². The van der Waals surface area contributed by atoms with Crippen LogP contribution in [0.1, 0.15) is 52.5 Å². The molecule has 3 heteroatoms. The zero-order valence-electron chi connectivity index (χ0n) is 13.8. The molecule has 0 aliphatic carbocycles. The molecule has 0 saturated carbocycles. The van der Waals surface area contributed by atoms with Crippen molar-refractivity contribution in [3.63, 3.8) is 0 Å². The van der Waals surface area contributed by atoms with Crippen LogP contribution in [0.4, 0.5) is 0 Å². The molecule has 1 fully saturated rings. The molecule has 1 unspecified atom stereocenters. The Bertz CT molecular complexity index is 441. The molecule has 1 aliphatic heterocycles. The summed E-state index contributed by atoms with van der Waals surface area (Å²) >= 11 is 0. The number of rotatable bonds is 4. The van der Waals surface area contributed by atoms with Crippen LogP contribution in [0.25, 0.3) is 0 Å². The predicted molar refractivity (Wildman–Crippen MR) is 86.7 cm³/mol. The topological polar surface area (TPSA) is 32.7 Å². The average molecular weight is 291 g/mol. The van der Waals surface area contributed by atoms with Gasteiger partial charge in [0.1, 0.15) is 5.75 Å². The van der Waals surface area contributed by atoms with Gasteiger partial charge in [-0.3, -0.25) is 0 Å². The predicted octanol–water partition coefficient (Wildman–Crippen LogP) is 3.56. The van der Waals surface area contributed by atoms with E-state index in [1.54, 1.807) is 0 Å². The van der Waals surface area contributed by atoms with Gasteiger partial charge in [-0.05, 0) is 71.2 Å². The summed E-state index contributed by atoms with van der Waals surface area (Å²) in [5, 5.41) is 11.0. The number of likely N-dealkylation sites (tertiary alicyclic amines) is 1. The Morgan fingerprint density at radius 3 is 2.29 bits per heavy atom. The second-order valence-corrected chi connectivity index (χ2v) is 6.71. The summed E-state index contributed by atoms with van der Waals surface area (Å²) in [6, 6.07) is 8.52. The Hall–Kier alpha value is -1.06. The highest BCUT2D eigenvalue weighted by Gasteiger charge is 2.32. The maximum atomic E-state index is 11.0. The van der Waals surface area contributed by atoms with Crippen molar-refractivity contribution in [1.82, 2.24) is 4.90 Å². The monoisotopic (exact) mass is 291 g/mol. The van der Waals surface area contributed by atoms with E-state index in [1.807, 2.05) is 38.1 Å². The lowest BCUT2D eigenvalue weighted by Crippen LogP contribution is -2.33. The molecular weight excluding hydrogens is 262 g/mol. The molecule has 2 rings (SSSR count). The number of hydrogen-bond donors (Lipinski definition) is 1. The molecule has 1 atom stereocenters. The fraction of sp³-hybridized carbons (Fsp3) is 0.667. The second-order valence-electron chi connectivity index (χ2n) is 6.71. The summed E-state index contributed by atoms with van der Waals surface area (Å²) in [4.78, 5) is 2.45. The Kier molecular flexibility index (Phi) is 5.28. The molecule has 1 saturated heterocycles. The number of nitrogens with zero attached hydrogens (tertiary/aromatic N) is 1. The standard InChI is InChI=1S/C18H29NO2/c1-14(2)19-12-5-10-18(20,11-13-19)16-6-8-17(9-7-16)21-15(3)4/h6-9,14-15,20H,5,10-13H2,1-4H3. The highest BCUT2D eigenvalue weighted by atomic mass is 16.5. The van der Waals surface area contributed by atoms with Gasteiger partial charge < -0.3 is 14.7 Å². The number of hydrogen-bond acceptors (Lipinski definition) is 3. The molecular formula is C18H29NO2. The van der Waals surface area contributed by atoms with Crippen molar-refractivity contribution in [2.45, 2.75) is 64.7 Å². The van der Waals surface area contributed by atoms with Crippen molar-refractivity contribution in [1.29, 1.82) is 0 Å². The van der Waals surface area contributed by atoms with E-state index >= 15 is 0 Å². The van der Waals surface area contributed by atoms with Gasteiger partial charge >= 0.3 is 0 Å². The van der Waals surface area contributed by atoms with Crippen LogP contribution >= 0.6 is 0 Å². The Labute approximate surface area is 128 Å². The molecule has 1 N–H and O–H groups in total. The van der Waals surface area contributed by atoms with Crippen LogP contribution in [0.3, 0.4) is 0 Å². The molecule has 21 heavy (non-hydrogen) atoms. The molecule has 1 aromatic carbocycles. The van der Waals surface area contributed by atoms with Crippen LogP contribution in [-0.4, -0.2) is 35.2 Å². The Morgan fingerprint density at radius 1 is 1.05 bits per heavy atom. The summed E-state index contributed by atoms with van der Waals surface area (Å²) < 4.78 is 5.67. The first-order chi connectivity index (χ1) is 9.90. The summed E-state index contributed by atoms with van der Waals surface area (Å²) in [6.07, 6.45) is 2.85. The van der Waals surface area contributed by atoms with Crippen molar-refractivity contribution < 1.29 is 9.84 Å². The third-order valence-corrected chi connectivity index (χ3v) is 4.34. The minimum absolute atomic E-state index is 0.177. The van der Waals surface area contributed by atoms with E-state index in [9.17, 15) is 5.11 Å². The van der Waals surface area contributed by atoms with Crippen LogP contribution in [0.2, 0.25) is 0 Å². The van der Waals surface area contributed by atoms with E-state index in [1.165, 1.54) is 0 Å². The van der Waals surface area contributed by atoms with Crippen LogP contribution in [-0.2, 0) is 5.60 Å². The number of ether oxygens (including phenoxy) is 1. The lowest BCUT2D eigenvalue weighted by atomic mass is 9.87. The average Bonchev–Trinajstić information content (AvgIpc) is 2.62. The number of aliphatic hydroxyl groups is 1. The minimum Gasteiger partial charge on any atom is -0.491 e. The maximum Gasteiger partial charge on any atom is 0.119 e. The third kappa shape index (κ3) is 4.21. The van der Waals surface area contributed by atoms with Crippen molar-refractivity contribution >= 4 is 0 Å². The lowest BCUT2D eigenvalue weighted by molar-refractivity contribution is 0.0203. The number of benzene rings is 1. The van der Waals surface area contributed by atoms with E-state index < -0.39 is 5.60 Å². The third-order valence-electron chi connectivity index (χ3n) is 4.34. The SMILES string of the molecule is CC(C)Oc1ccc(C2(O)CCCN(C(C)C)CC2)cc1. The van der Waals surface area contributed by atoms with Crippen molar-refractivity contribution in [3.05, 3.63) is 29.8 Å². The van der Waals surface area contributed by atoms with E-state index in [2.05, 4.69) is 18.7 Å².